The zero-order valence-electron chi connectivity index (χ0n) is 26.0. The van der Waals surface area contributed by atoms with Gasteiger partial charge in [0.25, 0.3) is 0 Å². The van der Waals surface area contributed by atoms with Crippen LogP contribution in [0.5, 0.6) is 0 Å². The molecule has 0 spiro atoms. The minimum absolute atomic E-state index is 0.0731. The second-order valence-electron chi connectivity index (χ2n) is 15.2. The van der Waals surface area contributed by atoms with Crippen molar-refractivity contribution in [1.82, 2.24) is 4.40 Å². The Bertz CT molecular complexity index is 2820. The second-order valence-corrected chi connectivity index (χ2v) is 15.2. The highest BCUT2D eigenvalue weighted by Crippen LogP contribution is 2.51. The van der Waals surface area contributed by atoms with Gasteiger partial charge in [0.15, 0.2) is 17.0 Å². The molecule has 4 heteroatoms. The normalized spacial score (nSPS) is 24.1. The van der Waals surface area contributed by atoms with E-state index in [-0.39, 0.29) is 17.3 Å². The van der Waals surface area contributed by atoms with Crippen molar-refractivity contribution in [2.75, 3.05) is 0 Å². The lowest BCUT2D eigenvalue weighted by Crippen LogP contribution is -2.15. The average molecular weight is 610 g/mol. The molecule has 2 fully saturated rings. The number of nitrogens with zero attached hydrogens (tertiary/aromatic N) is 1. The summed E-state index contributed by atoms with van der Waals surface area (Å²) in [6.45, 7) is 0. The fourth-order valence-corrected chi connectivity index (χ4v) is 11.0. The predicted octanol–water partition coefficient (Wildman–Crippen LogP) is 10.0. The molecule has 8 aromatic rings. The Hall–Kier alpha value is -4.83. The van der Waals surface area contributed by atoms with Crippen molar-refractivity contribution in [1.29, 1.82) is 0 Å². The Morgan fingerprint density at radius 2 is 1.02 bits per heavy atom. The molecule has 2 saturated carbocycles. The van der Waals surface area contributed by atoms with Gasteiger partial charge in [0, 0.05) is 66.1 Å². The fourth-order valence-electron chi connectivity index (χ4n) is 11.0. The number of benzene rings is 6. The molecule has 0 atom stereocenters. The van der Waals surface area contributed by atoms with Gasteiger partial charge in [-0.1, -0.05) is 36.4 Å². The first-order valence-corrected chi connectivity index (χ1v) is 17.6. The molecule has 0 unspecified atom stereocenters. The van der Waals surface area contributed by atoms with E-state index in [1.165, 1.54) is 11.1 Å². The molecular formula is C43H31NO3. The molecule has 6 aliphatic carbocycles. The van der Waals surface area contributed by atoms with Crippen LogP contribution in [0.25, 0.3) is 70.4 Å². The van der Waals surface area contributed by atoms with E-state index in [2.05, 4.69) is 59.0 Å². The van der Waals surface area contributed by atoms with E-state index < -0.39 is 0 Å². The van der Waals surface area contributed by atoms with Crippen LogP contribution >= 0.6 is 0 Å². The SMILES string of the molecule is O=C1c2cc3c(cc2C2CCC1CC2)c1cc2c(=O)c4cccc5cccc(c54)c2c2c4cc5c(cc4n3c12)C(=O)C1CCC5CC1. The van der Waals surface area contributed by atoms with Crippen LogP contribution in [0.15, 0.2) is 71.5 Å². The van der Waals surface area contributed by atoms with Gasteiger partial charge < -0.3 is 4.40 Å². The molecule has 6 aliphatic rings. The monoisotopic (exact) mass is 609 g/mol. The zero-order valence-corrected chi connectivity index (χ0v) is 26.0. The summed E-state index contributed by atoms with van der Waals surface area (Å²) in [6.07, 6.45) is 8.12. The van der Waals surface area contributed by atoms with Crippen molar-refractivity contribution in [2.45, 2.75) is 63.2 Å². The number of hydrogen-bond acceptors (Lipinski definition) is 3. The predicted molar refractivity (Wildman–Crippen MR) is 189 cm³/mol. The van der Waals surface area contributed by atoms with Crippen LogP contribution in [-0.4, -0.2) is 16.0 Å². The maximum atomic E-state index is 14.5. The number of aromatic nitrogens is 1. The zero-order chi connectivity index (χ0) is 30.9. The van der Waals surface area contributed by atoms with Gasteiger partial charge in [0.05, 0.1) is 16.6 Å². The fraction of sp³-hybridized carbons (Fsp3) is 0.279. The van der Waals surface area contributed by atoms with Gasteiger partial charge in [0.1, 0.15) is 0 Å². The number of carbonyl (C=O) groups is 2. The third-order valence-electron chi connectivity index (χ3n) is 13.2. The molecule has 0 N–H and O–H groups in total. The van der Waals surface area contributed by atoms with Crippen LogP contribution in [0.1, 0.15) is 95.0 Å². The van der Waals surface area contributed by atoms with Crippen LogP contribution in [0.3, 0.4) is 0 Å². The molecule has 0 aliphatic heterocycles. The third kappa shape index (κ3) is 2.92. The van der Waals surface area contributed by atoms with Gasteiger partial charge in [-0.15, -0.1) is 0 Å². The van der Waals surface area contributed by atoms with Gasteiger partial charge in [-0.2, -0.15) is 0 Å². The van der Waals surface area contributed by atoms with Crippen molar-refractivity contribution >= 4 is 82.0 Å². The molecule has 6 aromatic carbocycles. The summed E-state index contributed by atoms with van der Waals surface area (Å²) >= 11 is 0. The quantitative estimate of drug-likeness (QED) is 0.127. The largest absolute Gasteiger partial charge is 0.308 e. The second kappa shape index (κ2) is 8.36. The molecule has 226 valence electrons. The summed E-state index contributed by atoms with van der Waals surface area (Å²) in [5.41, 5.74) is 7.37. The van der Waals surface area contributed by atoms with Crippen molar-refractivity contribution in [2.24, 2.45) is 11.8 Å². The molecule has 47 heavy (non-hydrogen) atoms. The van der Waals surface area contributed by atoms with E-state index in [1.807, 2.05) is 12.1 Å². The Kier molecular flexibility index (Phi) is 4.49. The number of Topliss-reactive ketones (excluding diaryl/α,β-unsaturated/α-hetero) is 2. The summed E-state index contributed by atoms with van der Waals surface area (Å²) in [5.74, 6) is 1.60. The Labute approximate surface area is 269 Å². The number of rotatable bonds is 0. The van der Waals surface area contributed by atoms with Gasteiger partial charge >= 0.3 is 0 Å². The minimum Gasteiger partial charge on any atom is -0.308 e. The van der Waals surface area contributed by atoms with Gasteiger partial charge in [-0.25, -0.2) is 0 Å². The first kappa shape index (κ1) is 25.3. The van der Waals surface area contributed by atoms with Crippen LogP contribution in [0.4, 0.5) is 0 Å². The molecule has 4 nitrogen and oxygen atoms in total. The van der Waals surface area contributed by atoms with E-state index in [9.17, 15) is 14.4 Å². The Morgan fingerprint density at radius 3 is 1.66 bits per heavy atom. The van der Waals surface area contributed by atoms with Crippen LogP contribution in [0, 0.1) is 11.8 Å². The van der Waals surface area contributed by atoms with E-state index in [4.69, 9.17) is 0 Å². The number of fused-ring (bicyclic) bond motifs is 13. The molecule has 14 rings (SSSR count). The van der Waals surface area contributed by atoms with E-state index >= 15 is 0 Å². The first-order chi connectivity index (χ1) is 23.0. The highest BCUT2D eigenvalue weighted by atomic mass is 16.1. The molecule has 4 bridgehead atoms. The average Bonchev–Trinajstić information content (AvgIpc) is 3.43. The first-order valence-electron chi connectivity index (χ1n) is 17.6. The van der Waals surface area contributed by atoms with Crippen molar-refractivity contribution in [3.8, 4) is 0 Å². The molecule has 2 heterocycles. The maximum absolute atomic E-state index is 14.5. The van der Waals surface area contributed by atoms with Gasteiger partial charge in [-0.3, -0.25) is 14.4 Å². The van der Waals surface area contributed by atoms with E-state index in [0.717, 1.165) is 133 Å². The topological polar surface area (TPSA) is 55.6 Å². The van der Waals surface area contributed by atoms with Gasteiger partial charge in [-0.05, 0) is 115 Å². The van der Waals surface area contributed by atoms with Crippen LogP contribution in [0.2, 0.25) is 0 Å². The number of carbonyl (C=O) groups excluding carboxylic acids is 2. The van der Waals surface area contributed by atoms with Crippen LogP contribution < -0.4 is 5.43 Å². The lowest BCUT2D eigenvalue weighted by molar-refractivity contribution is 0.0891. The minimum atomic E-state index is 0.0731. The van der Waals surface area contributed by atoms with E-state index in [1.54, 1.807) is 0 Å². The van der Waals surface area contributed by atoms with E-state index in [0.29, 0.717) is 23.4 Å². The smallest absolute Gasteiger partial charge is 0.194 e. The highest BCUT2D eigenvalue weighted by molar-refractivity contribution is 6.38. The Morgan fingerprint density at radius 1 is 0.468 bits per heavy atom. The summed E-state index contributed by atoms with van der Waals surface area (Å²) in [4.78, 5) is 42.5. The van der Waals surface area contributed by atoms with Crippen molar-refractivity contribution in [3.05, 3.63) is 99.2 Å². The summed E-state index contributed by atoms with van der Waals surface area (Å²) in [6, 6.07) is 23.6. The lowest BCUT2D eigenvalue weighted by atomic mass is 9.82. The molecule has 0 radical (unpaired) electrons. The summed E-state index contributed by atoms with van der Waals surface area (Å²) in [5, 5.41) is 10.1. The maximum Gasteiger partial charge on any atom is 0.194 e. The van der Waals surface area contributed by atoms with Crippen molar-refractivity contribution in [3.63, 3.8) is 0 Å². The third-order valence-corrected chi connectivity index (χ3v) is 13.2. The summed E-state index contributed by atoms with van der Waals surface area (Å²) < 4.78 is 2.35. The van der Waals surface area contributed by atoms with Gasteiger partial charge in [0.2, 0.25) is 0 Å². The lowest BCUT2D eigenvalue weighted by Gasteiger charge is -2.22. The number of hydrogen-bond donors (Lipinski definition) is 0. The van der Waals surface area contributed by atoms with Crippen LogP contribution in [-0.2, 0) is 0 Å². The standard InChI is InChI=1S/C43H31NO3/c45-41-23-11-7-20(8-12-23)27-15-29-30-17-34-38(25-5-1-3-22-4-2-6-26(37(22)25)43(34)47)39-33-16-28-21-9-13-24(14-10-21)42(46)32(28)19-36(33)44(40(30)39)35(29)18-31(27)41/h1-6,15-21,23-24H,7-14H2. The molecule has 2 aromatic heterocycles. The molecule has 0 amide bonds. The van der Waals surface area contributed by atoms with Crippen molar-refractivity contribution < 1.29 is 9.59 Å². The highest BCUT2D eigenvalue weighted by Gasteiger charge is 2.38. The molecular weight excluding hydrogens is 578 g/mol. The Balaban J connectivity index is 1.36. The number of ketones is 2. The molecule has 0 saturated heterocycles. The summed E-state index contributed by atoms with van der Waals surface area (Å²) in [7, 11) is 0.